The van der Waals surface area contributed by atoms with Crippen LogP contribution < -0.4 is 10.4 Å². The topological polar surface area (TPSA) is 64.8 Å². The lowest BCUT2D eigenvalue weighted by Crippen LogP contribution is -2.40. The summed E-state index contributed by atoms with van der Waals surface area (Å²) < 4.78 is 9.15. The fourth-order valence-electron chi connectivity index (χ4n) is 3.70. The van der Waals surface area contributed by atoms with Crippen molar-refractivity contribution < 1.29 is 4.74 Å². The number of aryl methyl sites for hydroxylation is 5. The van der Waals surface area contributed by atoms with Crippen molar-refractivity contribution in [3.8, 4) is 22.7 Å². The Morgan fingerprint density at radius 1 is 0.967 bits per heavy atom. The highest BCUT2D eigenvalue weighted by Gasteiger charge is 2.16. The predicted octanol–water partition coefficient (Wildman–Crippen LogP) is 4.38. The Morgan fingerprint density at radius 2 is 1.73 bits per heavy atom. The Bertz CT molecular complexity index is 1280. The van der Waals surface area contributed by atoms with Crippen LogP contribution in [0.4, 0.5) is 0 Å². The van der Waals surface area contributed by atoms with Gasteiger partial charge >= 0.3 is 5.69 Å². The van der Waals surface area contributed by atoms with Crippen molar-refractivity contribution in [1.82, 2.24) is 19.6 Å². The minimum atomic E-state index is -0.118. The van der Waals surface area contributed by atoms with Gasteiger partial charge in [0.25, 0.3) is 0 Å². The quantitative estimate of drug-likeness (QED) is 0.539. The molecule has 6 heteroatoms. The molecule has 1 N–H and O–H groups in total. The summed E-state index contributed by atoms with van der Waals surface area (Å²) in [6.45, 7) is 8.68. The molecule has 0 atom stereocenters. The first-order valence-electron chi connectivity index (χ1n) is 9.95. The summed E-state index contributed by atoms with van der Waals surface area (Å²) in [5.41, 5.74) is 8.31. The molecule has 30 heavy (non-hydrogen) atoms. The molecule has 0 aliphatic rings. The van der Waals surface area contributed by atoms with E-state index in [4.69, 9.17) is 4.74 Å². The highest BCUT2D eigenvalue weighted by Crippen LogP contribution is 2.30. The van der Waals surface area contributed by atoms with E-state index in [2.05, 4.69) is 49.2 Å². The summed E-state index contributed by atoms with van der Waals surface area (Å²) in [6.07, 6.45) is 1.83. The van der Waals surface area contributed by atoms with Crippen molar-refractivity contribution in [2.24, 2.45) is 7.05 Å². The molecule has 6 nitrogen and oxygen atoms in total. The third kappa shape index (κ3) is 3.45. The van der Waals surface area contributed by atoms with Gasteiger partial charge in [-0.15, -0.1) is 0 Å². The van der Waals surface area contributed by atoms with Crippen LogP contribution in [0.5, 0.6) is 5.75 Å². The van der Waals surface area contributed by atoms with Crippen molar-refractivity contribution in [2.45, 2.75) is 34.3 Å². The normalized spacial score (nSPS) is 11.1. The molecule has 4 aromatic rings. The summed E-state index contributed by atoms with van der Waals surface area (Å²) in [5.74, 6) is 0.702. The van der Waals surface area contributed by atoms with Crippen molar-refractivity contribution in [1.29, 1.82) is 0 Å². The molecule has 154 valence electrons. The van der Waals surface area contributed by atoms with E-state index in [1.165, 1.54) is 9.36 Å². The maximum absolute atomic E-state index is 12.1. The van der Waals surface area contributed by atoms with Gasteiger partial charge in [-0.3, -0.25) is 4.98 Å². The highest BCUT2D eigenvalue weighted by atomic mass is 16.5. The van der Waals surface area contributed by atoms with E-state index in [9.17, 15) is 4.79 Å². The van der Waals surface area contributed by atoms with Crippen molar-refractivity contribution in [2.75, 3.05) is 0 Å². The van der Waals surface area contributed by atoms with Crippen molar-refractivity contribution in [3.05, 3.63) is 87.0 Å². The van der Waals surface area contributed by atoms with Crippen LogP contribution in [0.15, 0.2) is 53.5 Å². The lowest BCUT2D eigenvalue weighted by Gasteiger charge is -2.19. The Morgan fingerprint density at radius 3 is 2.43 bits per heavy atom. The van der Waals surface area contributed by atoms with E-state index in [0.29, 0.717) is 18.0 Å². The van der Waals surface area contributed by atoms with E-state index in [0.717, 1.165) is 39.1 Å². The third-order valence-electron chi connectivity index (χ3n) is 5.48. The molecular formula is C24H26N4O2. The monoisotopic (exact) mass is 402 g/mol. The molecule has 4 rings (SSSR count). The van der Waals surface area contributed by atoms with Crippen LogP contribution in [0.2, 0.25) is 0 Å². The summed E-state index contributed by atoms with van der Waals surface area (Å²) >= 11 is 0. The molecule has 0 bridgehead atoms. The molecule has 0 amide bonds. The number of hydrogen-bond acceptors (Lipinski definition) is 3. The number of nitrogens with one attached hydrogen (secondary N) is 1. The molecule has 0 fully saturated rings. The van der Waals surface area contributed by atoms with E-state index in [1.807, 2.05) is 37.4 Å². The first-order valence-corrected chi connectivity index (χ1v) is 9.95. The molecule has 2 aromatic heterocycles. The maximum Gasteiger partial charge on any atom is 0.364 e. The molecule has 0 aliphatic carbocycles. The van der Waals surface area contributed by atoms with Crippen LogP contribution in [0.25, 0.3) is 16.9 Å². The van der Waals surface area contributed by atoms with Crippen molar-refractivity contribution >= 4 is 0 Å². The Hall–Kier alpha value is -3.54. The molecule has 0 spiro atoms. The van der Waals surface area contributed by atoms with Crippen LogP contribution in [-0.2, 0) is 13.7 Å². The molecule has 0 unspecified atom stereocenters. The fourth-order valence-corrected chi connectivity index (χ4v) is 3.70. The minimum absolute atomic E-state index is 0.118. The van der Waals surface area contributed by atoms with Gasteiger partial charge in [-0.05, 0) is 73.7 Å². The van der Waals surface area contributed by atoms with Gasteiger partial charge in [-0.2, -0.15) is 4.68 Å². The number of rotatable bonds is 5. The molecule has 2 heterocycles. The summed E-state index contributed by atoms with van der Waals surface area (Å²) in [4.78, 5) is 16.7. The summed E-state index contributed by atoms with van der Waals surface area (Å²) in [6, 6.07) is 14.2. The van der Waals surface area contributed by atoms with Crippen LogP contribution in [-0.4, -0.2) is 19.6 Å². The number of nitrogens with zero attached hydrogens (tertiary/aromatic N) is 3. The van der Waals surface area contributed by atoms with Gasteiger partial charge in [0.15, 0.2) is 0 Å². The summed E-state index contributed by atoms with van der Waals surface area (Å²) in [5, 5.41) is 2.96. The number of ether oxygens (including phenoxy) is 1. The zero-order valence-corrected chi connectivity index (χ0v) is 18.0. The minimum Gasteiger partial charge on any atom is -0.486 e. The average molecular weight is 402 g/mol. The molecule has 2 aromatic carbocycles. The standard InChI is InChI=1S/C24H26N4O2/c1-15-9-7-11-25-22(15)20-13-17(3)19(12-18(20)4)14-30-23-16(2)8-6-10-21(23)28-24(29)27(5)26-28/h6-13,26H,14H2,1-5H3. The van der Waals surface area contributed by atoms with Gasteiger partial charge < -0.3 is 4.74 Å². The Balaban J connectivity index is 1.65. The smallest absolute Gasteiger partial charge is 0.364 e. The third-order valence-corrected chi connectivity index (χ3v) is 5.48. The lowest BCUT2D eigenvalue weighted by molar-refractivity contribution is 0.298. The van der Waals surface area contributed by atoms with E-state index in [1.54, 1.807) is 7.05 Å². The lowest BCUT2D eigenvalue weighted by atomic mass is 9.96. The van der Waals surface area contributed by atoms with Gasteiger partial charge in [0.1, 0.15) is 18.0 Å². The van der Waals surface area contributed by atoms with Gasteiger partial charge in [0, 0.05) is 18.8 Å². The molecule has 0 saturated heterocycles. The summed E-state index contributed by atoms with van der Waals surface area (Å²) in [7, 11) is 1.69. The molecular weight excluding hydrogens is 376 g/mol. The van der Waals surface area contributed by atoms with Gasteiger partial charge in [0.05, 0.1) is 5.69 Å². The average Bonchev–Trinajstić information content (AvgIpc) is 2.73. The second kappa shape index (κ2) is 7.71. The SMILES string of the molecule is Cc1cc(-c2ncccc2C)c(C)cc1COc1c(C)cccc1-n1[nH]n(C)c1=O. The van der Waals surface area contributed by atoms with Crippen LogP contribution >= 0.6 is 0 Å². The number of pyridine rings is 1. The number of aromatic nitrogens is 4. The molecule has 0 radical (unpaired) electrons. The highest BCUT2D eigenvalue weighted by molar-refractivity contribution is 5.68. The first-order chi connectivity index (χ1) is 14.4. The van der Waals surface area contributed by atoms with Gasteiger partial charge in [-0.25, -0.2) is 14.7 Å². The number of para-hydroxylation sites is 1. The zero-order valence-electron chi connectivity index (χ0n) is 18.0. The number of benzene rings is 2. The van der Waals surface area contributed by atoms with E-state index >= 15 is 0 Å². The number of aromatic amines is 1. The number of H-pyrrole nitrogens is 1. The van der Waals surface area contributed by atoms with Crippen molar-refractivity contribution in [3.63, 3.8) is 0 Å². The first kappa shape index (κ1) is 19.8. The largest absolute Gasteiger partial charge is 0.486 e. The second-order valence-electron chi connectivity index (χ2n) is 7.75. The number of hydrogen-bond donors (Lipinski definition) is 1. The predicted molar refractivity (Wildman–Crippen MR) is 118 cm³/mol. The molecule has 0 aliphatic heterocycles. The van der Waals surface area contributed by atoms with E-state index < -0.39 is 0 Å². The van der Waals surface area contributed by atoms with Gasteiger partial charge in [0.2, 0.25) is 0 Å². The second-order valence-corrected chi connectivity index (χ2v) is 7.75. The van der Waals surface area contributed by atoms with Crippen LogP contribution in [0.3, 0.4) is 0 Å². The molecule has 0 saturated carbocycles. The van der Waals surface area contributed by atoms with Crippen LogP contribution in [0, 0.1) is 27.7 Å². The Labute approximate surface area is 175 Å². The fraction of sp³-hybridized carbons (Fsp3) is 0.250. The van der Waals surface area contributed by atoms with E-state index in [-0.39, 0.29) is 5.69 Å². The van der Waals surface area contributed by atoms with Crippen LogP contribution in [0.1, 0.15) is 27.8 Å². The Kier molecular flexibility index (Phi) is 5.08. The zero-order chi connectivity index (χ0) is 21.4. The maximum atomic E-state index is 12.1. The van der Waals surface area contributed by atoms with Gasteiger partial charge in [-0.1, -0.05) is 24.3 Å².